The van der Waals surface area contributed by atoms with Gasteiger partial charge in [-0.2, -0.15) is 0 Å². The van der Waals surface area contributed by atoms with E-state index in [1.54, 1.807) is 6.92 Å². The molecule has 132 valence electrons. The lowest BCUT2D eigenvalue weighted by Crippen LogP contribution is -2.39. The Morgan fingerprint density at radius 3 is 2.24 bits per heavy atom. The van der Waals surface area contributed by atoms with E-state index in [0.29, 0.717) is 11.1 Å². The SMILES string of the molecule is C[C@@H](N[C@@H](C(=O)NC1CC1)c1ccc(F)cc1)c1ccc(F)c(F)c1. The molecule has 1 saturated carbocycles. The van der Waals surface area contributed by atoms with Gasteiger partial charge in [-0.15, -0.1) is 0 Å². The summed E-state index contributed by atoms with van der Waals surface area (Å²) >= 11 is 0. The summed E-state index contributed by atoms with van der Waals surface area (Å²) in [5, 5.41) is 6.04. The van der Waals surface area contributed by atoms with Crippen molar-refractivity contribution in [1.82, 2.24) is 10.6 Å². The molecule has 0 aromatic heterocycles. The van der Waals surface area contributed by atoms with Gasteiger partial charge in [0.25, 0.3) is 0 Å². The minimum Gasteiger partial charge on any atom is -0.352 e. The van der Waals surface area contributed by atoms with E-state index in [9.17, 15) is 18.0 Å². The van der Waals surface area contributed by atoms with E-state index in [4.69, 9.17) is 0 Å². The van der Waals surface area contributed by atoms with E-state index in [2.05, 4.69) is 10.6 Å². The van der Waals surface area contributed by atoms with Crippen LogP contribution in [0.2, 0.25) is 0 Å². The molecular weight excluding hydrogens is 329 g/mol. The lowest BCUT2D eigenvalue weighted by Gasteiger charge is -2.23. The predicted molar refractivity (Wildman–Crippen MR) is 88.2 cm³/mol. The number of benzene rings is 2. The zero-order valence-corrected chi connectivity index (χ0v) is 13.7. The molecule has 3 rings (SSSR count). The maximum absolute atomic E-state index is 13.5. The summed E-state index contributed by atoms with van der Waals surface area (Å²) in [7, 11) is 0. The van der Waals surface area contributed by atoms with Gasteiger partial charge < -0.3 is 5.32 Å². The second kappa shape index (κ2) is 7.27. The molecule has 0 heterocycles. The molecule has 0 saturated heterocycles. The second-order valence-electron chi connectivity index (χ2n) is 6.33. The first-order chi connectivity index (χ1) is 11.9. The van der Waals surface area contributed by atoms with E-state index < -0.39 is 29.5 Å². The van der Waals surface area contributed by atoms with Crippen LogP contribution in [0.4, 0.5) is 13.2 Å². The first-order valence-electron chi connectivity index (χ1n) is 8.21. The van der Waals surface area contributed by atoms with Gasteiger partial charge in [0.2, 0.25) is 5.91 Å². The average Bonchev–Trinajstić information content (AvgIpc) is 3.39. The summed E-state index contributed by atoms with van der Waals surface area (Å²) in [4.78, 5) is 12.6. The van der Waals surface area contributed by atoms with E-state index in [0.717, 1.165) is 25.0 Å². The van der Waals surface area contributed by atoms with Gasteiger partial charge in [0.1, 0.15) is 11.9 Å². The van der Waals surface area contributed by atoms with Crippen molar-refractivity contribution in [3.05, 3.63) is 71.0 Å². The summed E-state index contributed by atoms with van der Waals surface area (Å²) in [6.45, 7) is 1.76. The summed E-state index contributed by atoms with van der Waals surface area (Å²) in [5.74, 6) is -2.47. The molecule has 2 atom stereocenters. The molecule has 2 N–H and O–H groups in total. The Balaban J connectivity index is 1.81. The second-order valence-corrected chi connectivity index (χ2v) is 6.33. The van der Waals surface area contributed by atoms with Crippen molar-refractivity contribution in [1.29, 1.82) is 0 Å². The van der Waals surface area contributed by atoms with Crippen LogP contribution in [0, 0.1) is 17.5 Å². The van der Waals surface area contributed by atoms with E-state index in [-0.39, 0.29) is 11.9 Å². The number of rotatable bonds is 6. The molecule has 2 aromatic rings. The fraction of sp³-hybridized carbons (Fsp3) is 0.316. The molecule has 2 aromatic carbocycles. The van der Waals surface area contributed by atoms with Gasteiger partial charge >= 0.3 is 0 Å². The van der Waals surface area contributed by atoms with Crippen LogP contribution in [-0.4, -0.2) is 11.9 Å². The predicted octanol–water partition coefficient (Wildman–Crippen LogP) is 3.77. The summed E-state index contributed by atoms with van der Waals surface area (Å²) in [6, 6.07) is 8.34. The van der Waals surface area contributed by atoms with Crippen molar-refractivity contribution >= 4 is 5.91 Å². The molecule has 0 bridgehead atoms. The van der Waals surface area contributed by atoms with Gasteiger partial charge in [-0.3, -0.25) is 10.1 Å². The summed E-state index contributed by atoms with van der Waals surface area (Å²) in [5.41, 5.74) is 1.12. The highest BCUT2D eigenvalue weighted by molar-refractivity contribution is 5.83. The van der Waals surface area contributed by atoms with Gasteiger partial charge in [0.15, 0.2) is 11.6 Å². The molecule has 25 heavy (non-hydrogen) atoms. The Bertz CT molecular complexity index is 760. The molecule has 1 aliphatic carbocycles. The lowest BCUT2D eigenvalue weighted by atomic mass is 10.0. The van der Waals surface area contributed by atoms with Gasteiger partial charge in [-0.1, -0.05) is 18.2 Å². The topological polar surface area (TPSA) is 41.1 Å². The zero-order valence-electron chi connectivity index (χ0n) is 13.7. The van der Waals surface area contributed by atoms with Gasteiger partial charge in [0.05, 0.1) is 0 Å². The fourth-order valence-electron chi connectivity index (χ4n) is 2.62. The maximum Gasteiger partial charge on any atom is 0.241 e. The van der Waals surface area contributed by atoms with Crippen LogP contribution in [-0.2, 0) is 4.79 Å². The third-order valence-corrected chi connectivity index (χ3v) is 4.25. The molecular formula is C19H19F3N2O. The van der Waals surface area contributed by atoms with Gasteiger partial charge in [-0.05, 0) is 55.2 Å². The van der Waals surface area contributed by atoms with Crippen LogP contribution in [0.15, 0.2) is 42.5 Å². The van der Waals surface area contributed by atoms with E-state index in [1.165, 1.54) is 30.3 Å². The highest BCUT2D eigenvalue weighted by Gasteiger charge is 2.29. The third kappa shape index (κ3) is 4.39. The molecule has 0 unspecified atom stereocenters. The minimum absolute atomic E-state index is 0.177. The van der Waals surface area contributed by atoms with Crippen molar-refractivity contribution in [3.8, 4) is 0 Å². The van der Waals surface area contributed by atoms with Gasteiger partial charge in [0, 0.05) is 12.1 Å². The largest absolute Gasteiger partial charge is 0.352 e. The monoisotopic (exact) mass is 348 g/mol. The fourth-order valence-corrected chi connectivity index (χ4v) is 2.62. The van der Waals surface area contributed by atoms with Crippen LogP contribution in [0.5, 0.6) is 0 Å². The van der Waals surface area contributed by atoms with Crippen LogP contribution < -0.4 is 10.6 Å². The molecule has 1 aliphatic rings. The highest BCUT2D eigenvalue weighted by atomic mass is 19.2. The molecule has 0 spiro atoms. The number of carbonyl (C=O) groups excluding carboxylic acids is 1. The minimum atomic E-state index is -0.938. The maximum atomic E-state index is 13.5. The van der Waals surface area contributed by atoms with Crippen LogP contribution in [0.25, 0.3) is 0 Å². The average molecular weight is 348 g/mol. The number of amides is 1. The quantitative estimate of drug-likeness (QED) is 0.834. The zero-order chi connectivity index (χ0) is 18.0. The number of hydrogen-bond donors (Lipinski definition) is 2. The summed E-state index contributed by atoms with van der Waals surface area (Å²) in [6.07, 6.45) is 1.89. The molecule has 1 fully saturated rings. The van der Waals surface area contributed by atoms with E-state index in [1.807, 2.05) is 0 Å². The van der Waals surface area contributed by atoms with Crippen molar-refractivity contribution in [2.24, 2.45) is 0 Å². The molecule has 3 nitrogen and oxygen atoms in total. The van der Waals surface area contributed by atoms with Crippen molar-refractivity contribution in [2.45, 2.75) is 37.9 Å². The van der Waals surface area contributed by atoms with Crippen LogP contribution >= 0.6 is 0 Å². The Hall–Kier alpha value is -2.34. The normalized spacial score (nSPS) is 16.3. The molecule has 0 radical (unpaired) electrons. The highest BCUT2D eigenvalue weighted by Crippen LogP contribution is 2.24. The third-order valence-electron chi connectivity index (χ3n) is 4.25. The number of hydrogen-bond acceptors (Lipinski definition) is 2. The van der Waals surface area contributed by atoms with Crippen molar-refractivity contribution in [3.63, 3.8) is 0 Å². The smallest absolute Gasteiger partial charge is 0.241 e. The summed E-state index contributed by atoms with van der Waals surface area (Å²) < 4.78 is 39.8. The Kier molecular flexibility index (Phi) is 5.08. The number of halogens is 3. The molecule has 1 amide bonds. The first-order valence-corrected chi connectivity index (χ1v) is 8.21. The first kappa shape index (κ1) is 17.5. The van der Waals surface area contributed by atoms with E-state index >= 15 is 0 Å². The Labute approximate surface area is 144 Å². The van der Waals surface area contributed by atoms with Crippen LogP contribution in [0.1, 0.15) is 43.0 Å². The lowest BCUT2D eigenvalue weighted by molar-refractivity contribution is -0.123. The Morgan fingerprint density at radius 2 is 1.64 bits per heavy atom. The number of nitrogens with one attached hydrogen (secondary N) is 2. The number of carbonyl (C=O) groups is 1. The van der Waals surface area contributed by atoms with Crippen LogP contribution in [0.3, 0.4) is 0 Å². The van der Waals surface area contributed by atoms with Gasteiger partial charge in [-0.25, -0.2) is 13.2 Å². The molecule has 6 heteroatoms. The molecule has 0 aliphatic heterocycles. The Morgan fingerprint density at radius 1 is 1.00 bits per heavy atom. The van der Waals surface area contributed by atoms with Crippen molar-refractivity contribution < 1.29 is 18.0 Å². The standard InChI is InChI=1S/C19H19F3N2O/c1-11(13-4-9-16(21)17(22)10-13)23-18(19(25)24-15-7-8-15)12-2-5-14(20)6-3-12/h2-6,9-11,15,18,23H,7-8H2,1H3,(H,24,25)/t11-,18-/m1/s1. The van der Waals surface area contributed by atoms with Crippen molar-refractivity contribution in [2.75, 3.05) is 0 Å².